The van der Waals surface area contributed by atoms with Crippen LogP contribution in [0.3, 0.4) is 0 Å². The summed E-state index contributed by atoms with van der Waals surface area (Å²) < 4.78 is 4.83. The topological polar surface area (TPSA) is 9.86 Å². The Bertz CT molecular complexity index is 3510. The average molecular weight is 711 g/mol. The molecule has 0 saturated carbocycles. The van der Waals surface area contributed by atoms with Gasteiger partial charge >= 0.3 is 0 Å². The lowest BCUT2D eigenvalue weighted by Crippen LogP contribution is -1.94. The van der Waals surface area contributed by atoms with Gasteiger partial charge in [0.1, 0.15) is 0 Å². The highest BCUT2D eigenvalue weighted by Gasteiger charge is 2.17. The first kappa shape index (κ1) is 31.0. The molecule has 0 aliphatic carbocycles. The maximum absolute atomic E-state index is 2.43. The van der Waals surface area contributed by atoms with Gasteiger partial charge in [0.2, 0.25) is 0 Å². The third-order valence-electron chi connectivity index (χ3n) is 11.9. The Hall–Kier alpha value is -7.42. The normalized spacial score (nSPS) is 11.9. The lowest BCUT2D eigenvalue weighted by atomic mass is 9.97. The van der Waals surface area contributed by atoms with Crippen molar-refractivity contribution in [2.75, 3.05) is 0 Å². The van der Waals surface area contributed by atoms with Crippen LogP contribution in [0.5, 0.6) is 0 Å². The summed E-state index contributed by atoms with van der Waals surface area (Å²) in [6, 6.07) is 75.8. The first-order valence-electron chi connectivity index (χ1n) is 19.3. The maximum Gasteiger partial charge on any atom is 0.0541 e. The molecule has 2 nitrogen and oxygen atoms in total. The Balaban J connectivity index is 0.980. The lowest BCUT2D eigenvalue weighted by molar-refractivity contribution is 1.18. The zero-order valence-corrected chi connectivity index (χ0v) is 30.5. The van der Waals surface area contributed by atoms with Crippen LogP contribution in [-0.2, 0) is 0 Å². The van der Waals surface area contributed by atoms with E-state index in [0.717, 1.165) is 5.69 Å². The van der Waals surface area contributed by atoms with Crippen molar-refractivity contribution in [2.45, 2.75) is 0 Å². The molecule has 0 fully saturated rings. The molecular formula is C54H34N2. The van der Waals surface area contributed by atoms with Crippen molar-refractivity contribution in [1.29, 1.82) is 0 Å². The first-order valence-corrected chi connectivity index (χ1v) is 19.3. The number of aromatic nitrogens is 2. The predicted molar refractivity (Wildman–Crippen MR) is 239 cm³/mol. The fourth-order valence-electron chi connectivity index (χ4n) is 9.25. The molecule has 0 N–H and O–H groups in total. The second-order valence-corrected chi connectivity index (χ2v) is 14.9. The highest BCUT2D eigenvalue weighted by molar-refractivity contribution is 6.18. The largest absolute Gasteiger partial charge is 0.309 e. The van der Waals surface area contributed by atoms with Gasteiger partial charge in [0.15, 0.2) is 0 Å². The second kappa shape index (κ2) is 12.0. The third kappa shape index (κ3) is 4.63. The van der Waals surface area contributed by atoms with Crippen molar-refractivity contribution in [2.24, 2.45) is 0 Å². The predicted octanol–water partition coefficient (Wildman–Crippen LogP) is 14.7. The maximum atomic E-state index is 2.43. The van der Waals surface area contributed by atoms with Crippen LogP contribution in [-0.4, -0.2) is 9.13 Å². The average Bonchev–Trinajstić information content (AvgIpc) is 3.78. The molecule has 2 aromatic heterocycles. The molecule has 56 heavy (non-hydrogen) atoms. The van der Waals surface area contributed by atoms with Crippen LogP contribution >= 0.6 is 0 Å². The molecular weight excluding hydrogens is 677 g/mol. The molecule has 12 aromatic rings. The fraction of sp³-hybridized carbons (Fsp3) is 0. The van der Waals surface area contributed by atoms with Crippen LogP contribution in [0.25, 0.3) is 110 Å². The van der Waals surface area contributed by atoms with Crippen molar-refractivity contribution in [3.05, 3.63) is 206 Å². The standard InChI is InChI=1S/C54H34N2/c1-2-10-35(11-3-1)36-18-24-41(25-19-36)55-51-16-8-6-14-47(51)49-33-38(22-30-53(49)55)39-23-31-54-50(34-39)48-15-7-9-17-52(48)56(54)42-26-29-44-40(32-42)21-28-45-43-13-5-4-12-37(43)20-27-46(44)45/h1-34H. The highest BCUT2D eigenvalue weighted by Crippen LogP contribution is 2.40. The van der Waals surface area contributed by atoms with E-state index in [1.165, 1.54) is 104 Å². The zero-order chi connectivity index (χ0) is 36.7. The van der Waals surface area contributed by atoms with E-state index in [1.807, 2.05) is 0 Å². The van der Waals surface area contributed by atoms with Gasteiger partial charge in [0.25, 0.3) is 0 Å². The monoisotopic (exact) mass is 710 g/mol. The fourth-order valence-corrected chi connectivity index (χ4v) is 9.25. The van der Waals surface area contributed by atoms with Gasteiger partial charge in [0.05, 0.1) is 22.1 Å². The van der Waals surface area contributed by atoms with Gasteiger partial charge in [-0.25, -0.2) is 0 Å². The Morgan fingerprint density at radius 2 is 0.661 bits per heavy atom. The molecule has 0 unspecified atom stereocenters. The molecule has 0 aliphatic rings. The summed E-state index contributed by atoms with van der Waals surface area (Å²) in [4.78, 5) is 0. The number of hydrogen-bond donors (Lipinski definition) is 0. The van der Waals surface area contributed by atoms with Crippen molar-refractivity contribution >= 4 is 75.9 Å². The molecule has 0 aliphatic heterocycles. The van der Waals surface area contributed by atoms with Gasteiger partial charge in [-0.05, 0) is 115 Å². The van der Waals surface area contributed by atoms with E-state index in [0.29, 0.717) is 0 Å². The quantitative estimate of drug-likeness (QED) is 0.161. The molecule has 2 heteroatoms. The lowest BCUT2D eigenvalue weighted by Gasteiger charge is -2.12. The van der Waals surface area contributed by atoms with Gasteiger partial charge in [-0.3, -0.25) is 0 Å². The summed E-state index contributed by atoms with van der Waals surface area (Å²) in [5, 5.41) is 12.7. The Morgan fingerprint density at radius 1 is 0.214 bits per heavy atom. The number of fused-ring (bicyclic) bond motifs is 11. The van der Waals surface area contributed by atoms with Gasteiger partial charge in [-0.1, -0.05) is 146 Å². The summed E-state index contributed by atoms with van der Waals surface area (Å²) >= 11 is 0. The summed E-state index contributed by atoms with van der Waals surface area (Å²) in [5.74, 6) is 0. The van der Waals surface area contributed by atoms with Crippen LogP contribution < -0.4 is 0 Å². The minimum Gasteiger partial charge on any atom is -0.309 e. The SMILES string of the molecule is c1ccc(-c2ccc(-n3c4ccccc4c4cc(-c5ccc6c(c5)c5ccccc5n6-c5ccc6c(ccc7c8ccccc8ccc67)c5)ccc43)cc2)cc1. The van der Waals surface area contributed by atoms with Crippen LogP contribution in [0.4, 0.5) is 0 Å². The number of nitrogens with zero attached hydrogens (tertiary/aromatic N) is 2. The molecule has 0 bridgehead atoms. The van der Waals surface area contributed by atoms with Gasteiger partial charge in [-0.2, -0.15) is 0 Å². The molecule has 0 amide bonds. The van der Waals surface area contributed by atoms with Gasteiger partial charge < -0.3 is 9.13 Å². The van der Waals surface area contributed by atoms with Gasteiger partial charge in [0, 0.05) is 32.9 Å². The molecule has 0 atom stereocenters. The summed E-state index contributed by atoms with van der Waals surface area (Å²) in [5.41, 5.74) is 12.0. The smallest absolute Gasteiger partial charge is 0.0541 e. The Kier molecular flexibility index (Phi) is 6.66. The van der Waals surface area contributed by atoms with Gasteiger partial charge in [-0.15, -0.1) is 0 Å². The molecule has 10 aromatic carbocycles. The first-order chi connectivity index (χ1) is 27.8. The van der Waals surface area contributed by atoms with Crippen molar-refractivity contribution in [3.8, 4) is 33.6 Å². The van der Waals surface area contributed by atoms with E-state index in [1.54, 1.807) is 0 Å². The van der Waals surface area contributed by atoms with Crippen LogP contribution in [0.2, 0.25) is 0 Å². The third-order valence-corrected chi connectivity index (χ3v) is 11.9. The minimum absolute atomic E-state index is 1.16. The highest BCUT2D eigenvalue weighted by atomic mass is 15.0. The van der Waals surface area contributed by atoms with E-state index < -0.39 is 0 Å². The molecule has 12 rings (SSSR count). The van der Waals surface area contributed by atoms with E-state index in [9.17, 15) is 0 Å². The van der Waals surface area contributed by atoms with Crippen LogP contribution in [0.1, 0.15) is 0 Å². The van der Waals surface area contributed by atoms with Crippen molar-refractivity contribution in [3.63, 3.8) is 0 Å². The summed E-state index contributed by atoms with van der Waals surface area (Å²) in [6.45, 7) is 0. The van der Waals surface area contributed by atoms with E-state index >= 15 is 0 Å². The van der Waals surface area contributed by atoms with Crippen LogP contribution in [0.15, 0.2) is 206 Å². The molecule has 0 radical (unpaired) electrons. The number of rotatable bonds is 4. The molecule has 260 valence electrons. The molecule has 2 heterocycles. The Labute approximate surface area is 323 Å². The van der Waals surface area contributed by atoms with E-state index in [-0.39, 0.29) is 0 Å². The molecule has 0 saturated heterocycles. The van der Waals surface area contributed by atoms with E-state index in [2.05, 4.69) is 215 Å². The van der Waals surface area contributed by atoms with Crippen molar-refractivity contribution in [1.82, 2.24) is 9.13 Å². The zero-order valence-electron chi connectivity index (χ0n) is 30.5. The summed E-state index contributed by atoms with van der Waals surface area (Å²) in [7, 11) is 0. The number of hydrogen-bond acceptors (Lipinski definition) is 0. The number of benzene rings is 10. The van der Waals surface area contributed by atoms with Crippen LogP contribution in [0, 0.1) is 0 Å². The molecule has 0 spiro atoms. The Morgan fingerprint density at radius 3 is 1.32 bits per heavy atom. The van der Waals surface area contributed by atoms with Crippen molar-refractivity contribution < 1.29 is 0 Å². The van der Waals surface area contributed by atoms with E-state index in [4.69, 9.17) is 0 Å². The minimum atomic E-state index is 1.16. The summed E-state index contributed by atoms with van der Waals surface area (Å²) in [6.07, 6.45) is 0. The number of para-hydroxylation sites is 2. The second-order valence-electron chi connectivity index (χ2n) is 14.9.